The topological polar surface area (TPSA) is 78.4 Å². The number of rotatable bonds is 5. The maximum Gasteiger partial charge on any atom is 0.228 e. The van der Waals surface area contributed by atoms with Crippen LogP contribution in [0.5, 0.6) is 0 Å². The lowest BCUT2D eigenvalue weighted by Gasteiger charge is -2.33. The standard InChI is InChI=1S/C23H35N5O2/c1-22(2,3)12-19(29)27-11-4-8-23(20(30)26-13-17-6-7-17)16-28(15-18(23)14-27)21-24-9-5-10-25-21/h5,9-10,17-18H,4,6-8,11-16H2,1-3H3,(H,26,30)/t18-,23-/m0/s1. The molecule has 1 aromatic heterocycles. The van der Waals surface area contributed by atoms with Crippen LogP contribution in [0.15, 0.2) is 18.5 Å². The fourth-order valence-electron chi connectivity index (χ4n) is 4.94. The molecule has 7 heteroatoms. The fraction of sp³-hybridized carbons (Fsp3) is 0.739. The van der Waals surface area contributed by atoms with E-state index < -0.39 is 5.41 Å². The summed E-state index contributed by atoms with van der Waals surface area (Å²) in [6, 6.07) is 1.81. The van der Waals surface area contributed by atoms with E-state index in [1.165, 1.54) is 12.8 Å². The Kier molecular flexibility index (Phi) is 5.73. The molecule has 30 heavy (non-hydrogen) atoms. The number of hydrogen-bond acceptors (Lipinski definition) is 5. The number of aromatic nitrogens is 2. The minimum atomic E-state index is -0.481. The van der Waals surface area contributed by atoms with Crippen molar-refractivity contribution in [1.29, 1.82) is 0 Å². The zero-order valence-electron chi connectivity index (χ0n) is 18.6. The van der Waals surface area contributed by atoms with E-state index in [9.17, 15) is 9.59 Å². The third-order valence-corrected chi connectivity index (χ3v) is 6.76. The van der Waals surface area contributed by atoms with Crippen LogP contribution in [0.3, 0.4) is 0 Å². The number of amides is 2. The van der Waals surface area contributed by atoms with Gasteiger partial charge in [-0.1, -0.05) is 20.8 Å². The molecule has 2 amide bonds. The normalized spacial score (nSPS) is 26.8. The van der Waals surface area contributed by atoms with E-state index in [-0.39, 0.29) is 23.1 Å². The van der Waals surface area contributed by atoms with E-state index in [2.05, 4.69) is 41.0 Å². The lowest BCUT2D eigenvalue weighted by molar-refractivity contribution is -0.136. The summed E-state index contributed by atoms with van der Waals surface area (Å²) in [6.07, 6.45) is 8.12. The molecule has 0 unspecified atom stereocenters. The van der Waals surface area contributed by atoms with E-state index >= 15 is 0 Å². The summed E-state index contributed by atoms with van der Waals surface area (Å²) in [4.78, 5) is 39.5. The lowest BCUT2D eigenvalue weighted by Crippen LogP contribution is -2.48. The predicted molar refractivity (Wildman–Crippen MR) is 116 cm³/mol. The zero-order chi connectivity index (χ0) is 21.4. The van der Waals surface area contributed by atoms with Crippen molar-refractivity contribution in [1.82, 2.24) is 20.2 Å². The van der Waals surface area contributed by atoms with Crippen molar-refractivity contribution >= 4 is 17.8 Å². The molecule has 7 nitrogen and oxygen atoms in total. The van der Waals surface area contributed by atoms with Gasteiger partial charge in [-0.3, -0.25) is 9.59 Å². The molecule has 0 radical (unpaired) electrons. The molecule has 1 aromatic rings. The molecule has 3 aliphatic rings. The Morgan fingerprint density at radius 3 is 2.60 bits per heavy atom. The van der Waals surface area contributed by atoms with Crippen molar-refractivity contribution < 1.29 is 9.59 Å². The second-order valence-electron chi connectivity index (χ2n) is 10.6. The molecule has 1 N–H and O–H groups in total. The van der Waals surface area contributed by atoms with Gasteiger partial charge in [0.1, 0.15) is 0 Å². The minimum Gasteiger partial charge on any atom is -0.355 e. The fourth-order valence-corrected chi connectivity index (χ4v) is 4.94. The monoisotopic (exact) mass is 413 g/mol. The maximum atomic E-state index is 13.5. The molecular formula is C23H35N5O2. The summed E-state index contributed by atoms with van der Waals surface area (Å²) >= 11 is 0. The molecule has 2 saturated heterocycles. The summed E-state index contributed by atoms with van der Waals surface area (Å²) in [5, 5.41) is 3.25. The van der Waals surface area contributed by atoms with Crippen molar-refractivity contribution in [2.45, 2.75) is 52.9 Å². The Morgan fingerprint density at radius 2 is 1.93 bits per heavy atom. The van der Waals surface area contributed by atoms with Crippen LogP contribution in [-0.2, 0) is 9.59 Å². The molecule has 1 aliphatic carbocycles. The molecule has 2 aliphatic heterocycles. The van der Waals surface area contributed by atoms with Gasteiger partial charge in [0.25, 0.3) is 0 Å². The molecule has 3 heterocycles. The van der Waals surface area contributed by atoms with Gasteiger partial charge in [0, 0.05) is 57.5 Å². The first-order valence-electron chi connectivity index (χ1n) is 11.3. The quantitative estimate of drug-likeness (QED) is 0.802. The molecule has 3 fully saturated rings. The number of nitrogens with one attached hydrogen (secondary N) is 1. The van der Waals surface area contributed by atoms with Crippen LogP contribution in [-0.4, -0.2) is 59.4 Å². The molecule has 0 aromatic carbocycles. The van der Waals surface area contributed by atoms with Crippen LogP contribution in [0.25, 0.3) is 0 Å². The van der Waals surface area contributed by atoms with Crippen LogP contribution < -0.4 is 10.2 Å². The lowest BCUT2D eigenvalue weighted by atomic mass is 9.74. The highest BCUT2D eigenvalue weighted by Crippen LogP contribution is 2.44. The van der Waals surface area contributed by atoms with Crippen molar-refractivity contribution in [2.75, 3.05) is 37.6 Å². The second kappa shape index (κ2) is 8.16. The number of hydrogen-bond donors (Lipinski definition) is 1. The van der Waals surface area contributed by atoms with E-state index in [1.807, 2.05) is 11.0 Å². The van der Waals surface area contributed by atoms with Crippen molar-refractivity contribution in [3.05, 3.63) is 18.5 Å². The van der Waals surface area contributed by atoms with Crippen molar-refractivity contribution in [2.24, 2.45) is 22.7 Å². The second-order valence-corrected chi connectivity index (χ2v) is 10.6. The first-order chi connectivity index (χ1) is 14.3. The highest BCUT2D eigenvalue weighted by atomic mass is 16.2. The van der Waals surface area contributed by atoms with Gasteiger partial charge in [0.2, 0.25) is 17.8 Å². The van der Waals surface area contributed by atoms with Crippen LogP contribution in [0.4, 0.5) is 5.95 Å². The summed E-state index contributed by atoms with van der Waals surface area (Å²) in [7, 11) is 0. The number of carbonyl (C=O) groups is 2. The van der Waals surface area contributed by atoms with Crippen molar-refractivity contribution in [3.8, 4) is 0 Å². The third kappa shape index (κ3) is 4.60. The van der Waals surface area contributed by atoms with E-state index in [1.54, 1.807) is 12.4 Å². The Bertz CT molecular complexity index is 774. The van der Waals surface area contributed by atoms with Crippen molar-refractivity contribution in [3.63, 3.8) is 0 Å². The van der Waals surface area contributed by atoms with E-state index in [4.69, 9.17) is 0 Å². The smallest absolute Gasteiger partial charge is 0.228 e. The number of likely N-dealkylation sites (tertiary alicyclic amines) is 1. The van der Waals surface area contributed by atoms with Crippen LogP contribution in [0, 0.1) is 22.7 Å². The maximum absolute atomic E-state index is 13.5. The van der Waals surface area contributed by atoms with Crippen LogP contribution in [0.2, 0.25) is 0 Å². The van der Waals surface area contributed by atoms with E-state index in [0.717, 1.165) is 25.9 Å². The highest BCUT2D eigenvalue weighted by molar-refractivity contribution is 5.85. The Hall–Kier alpha value is -2.18. The van der Waals surface area contributed by atoms with Gasteiger partial charge in [0.05, 0.1) is 5.41 Å². The molecule has 1 saturated carbocycles. The van der Waals surface area contributed by atoms with Gasteiger partial charge in [-0.05, 0) is 43.1 Å². The van der Waals surface area contributed by atoms with Crippen LogP contribution in [0.1, 0.15) is 52.9 Å². The third-order valence-electron chi connectivity index (χ3n) is 6.76. The Labute approximate surface area is 179 Å². The largest absolute Gasteiger partial charge is 0.355 e. The molecule has 2 atom stereocenters. The number of anilines is 1. The van der Waals surface area contributed by atoms with Crippen LogP contribution >= 0.6 is 0 Å². The van der Waals surface area contributed by atoms with Gasteiger partial charge in [-0.15, -0.1) is 0 Å². The van der Waals surface area contributed by atoms with Gasteiger partial charge in [-0.2, -0.15) is 0 Å². The zero-order valence-corrected chi connectivity index (χ0v) is 18.6. The minimum absolute atomic E-state index is 0.0400. The van der Waals surface area contributed by atoms with E-state index in [0.29, 0.717) is 37.9 Å². The van der Waals surface area contributed by atoms with Gasteiger partial charge >= 0.3 is 0 Å². The number of nitrogens with zero attached hydrogens (tertiary/aromatic N) is 4. The predicted octanol–water partition coefficient (Wildman–Crippen LogP) is 2.48. The Balaban J connectivity index is 1.55. The average molecular weight is 414 g/mol. The average Bonchev–Trinajstić information content (AvgIpc) is 3.48. The van der Waals surface area contributed by atoms with Gasteiger partial charge in [0.15, 0.2) is 0 Å². The molecule has 164 valence electrons. The SMILES string of the molecule is CC(C)(C)CC(=O)N1CCC[C@]2(C(=O)NCC3CC3)CN(c3ncccn3)C[C@@H]2C1. The number of carbonyl (C=O) groups excluding carboxylic acids is 2. The van der Waals surface area contributed by atoms with Gasteiger partial charge < -0.3 is 15.1 Å². The molecule has 0 bridgehead atoms. The Morgan fingerprint density at radius 1 is 1.20 bits per heavy atom. The summed E-state index contributed by atoms with van der Waals surface area (Å²) in [5.74, 6) is 1.77. The summed E-state index contributed by atoms with van der Waals surface area (Å²) < 4.78 is 0. The first kappa shape index (κ1) is 21.1. The molecule has 0 spiro atoms. The first-order valence-corrected chi connectivity index (χ1v) is 11.3. The highest BCUT2D eigenvalue weighted by Gasteiger charge is 2.54. The number of fused-ring (bicyclic) bond motifs is 1. The molecular weight excluding hydrogens is 378 g/mol. The van der Waals surface area contributed by atoms with Gasteiger partial charge in [-0.25, -0.2) is 9.97 Å². The summed E-state index contributed by atoms with van der Waals surface area (Å²) in [6.45, 7) is 9.79. The summed E-state index contributed by atoms with van der Waals surface area (Å²) in [5.41, 5.74) is -0.521. The molecule has 4 rings (SSSR count).